The molecule has 4 heterocycles. The number of rotatable bonds is 7. The molecular formula is C30H33ClFN7O. The van der Waals surface area contributed by atoms with Gasteiger partial charge in [0.05, 0.1) is 6.54 Å². The number of aromatic amines is 1. The highest BCUT2D eigenvalue weighted by molar-refractivity contribution is 6.29. The number of nitrogens with one attached hydrogen (secondary N) is 3. The van der Waals surface area contributed by atoms with Gasteiger partial charge >= 0.3 is 0 Å². The van der Waals surface area contributed by atoms with Crippen molar-refractivity contribution < 1.29 is 9.18 Å². The van der Waals surface area contributed by atoms with Crippen molar-refractivity contribution in [2.24, 2.45) is 0 Å². The number of halogens is 2. The number of carbonyl (C=O) groups excluding carboxylic acids is 1. The zero-order valence-corrected chi connectivity index (χ0v) is 23.0. The number of piperazine rings is 1. The quantitative estimate of drug-likeness (QED) is 0.273. The SMILES string of the molecule is O=C(CN1CCN(c2ccc(F)cc2)CC1)N[C@H]1CC[C@H](Nc2cc(-c3c[nH]c4ncccc34)cc(Cl)n2)CC1. The molecule has 1 saturated heterocycles. The van der Waals surface area contributed by atoms with Gasteiger partial charge in [0.2, 0.25) is 5.91 Å². The largest absolute Gasteiger partial charge is 0.369 e. The van der Waals surface area contributed by atoms with E-state index in [1.807, 2.05) is 42.6 Å². The normalized spacial score (nSPS) is 20.0. The van der Waals surface area contributed by atoms with E-state index >= 15 is 0 Å². The zero-order valence-electron chi connectivity index (χ0n) is 22.2. The number of hydrogen-bond donors (Lipinski definition) is 3. The predicted octanol–water partition coefficient (Wildman–Crippen LogP) is 5.08. The molecule has 0 bridgehead atoms. The summed E-state index contributed by atoms with van der Waals surface area (Å²) in [4.78, 5) is 29.3. The van der Waals surface area contributed by atoms with Gasteiger partial charge in [0.25, 0.3) is 0 Å². The summed E-state index contributed by atoms with van der Waals surface area (Å²) in [7, 11) is 0. The molecular weight excluding hydrogens is 529 g/mol. The highest BCUT2D eigenvalue weighted by Gasteiger charge is 2.25. The average Bonchev–Trinajstić information content (AvgIpc) is 3.39. The van der Waals surface area contributed by atoms with Gasteiger partial charge < -0.3 is 20.5 Å². The standard InChI is InChI=1S/C30H33ClFN7O/c31-27-16-20(26-18-34-30-25(26)2-1-11-33-30)17-28(37-27)35-22-5-7-23(8-6-22)36-29(40)19-38-12-14-39(15-13-38)24-9-3-21(32)4-10-24/h1-4,9-11,16-18,22-23H,5-8,12-15,19H2,(H,33,34)(H,35,37)(H,36,40)/t22-,23-. The van der Waals surface area contributed by atoms with Gasteiger partial charge in [0.15, 0.2) is 0 Å². The van der Waals surface area contributed by atoms with Crippen molar-refractivity contribution in [1.29, 1.82) is 0 Å². The number of fused-ring (bicyclic) bond motifs is 1. The average molecular weight is 562 g/mol. The Bertz CT molecular complexity index is 1460. The molecule has 3 N–H and O–H groups in total. The summed E-state index contributed by atoms with van der Waals surface area (Å²) in [5.74, 6) is 0.618. The van der Waals surface area contributed by atoms with E-state index in [0.29, 0.717) is 11.7 Å². The first-order valence-corrected chi connectivity index (χ1v) is 14.3. The lowest BCUT2D eigenvalue weighted by atomic mass is 9.91. The summed E-state index contributed by atoms with van der Waals surface area (Å²) in [5.41, 5.74) is 3.89. The van der Waals surface area contributed by atoms with Crippen molar-refractivity contribution in [3.8, 4) is 11.1 Å². The molecule has 10 heteroatoms. The smallest absolute Gasteiger partial charge is 0.234 e. The molecule has 0 unspecified atom stereocenters. The Hall–Kier alpha value is -3.69. The van der Waals surface area contributed by atoms with Crippen LogP contribution < -0.4 is 15.5 Å². The third kappa shape index (κ3) is 6.21. The number of aromatic nitrogens is 3. The highest BCUT2D eigenvalue weighted by Crippen LogP contribution is 2.31. The van der Waals surface area contributed by atoms with E-state index < -0.39 is 0 Å². The second kappa shape index (κ2) is 11.8. The Morgan fingerprint density at radius 1 is 1.02 bits per heavy atom. The minimum Gasteiger partial charge on any atom is -0.369 e. The molecule has 208 valence electrons. The lowest BCUT2D eigenvalue weighted by molar-refractivity contribution is -0.123. The maximum absolute atomic E-state index is 13.2. The van der Waals surface area contributed by atoms with Crippen molar-refractivity contribution >= 4 is 40.0 Å². The van der Waals surface area contributed by atoms with Crippen LogP contribution in [0.4, 0.5) is 15.9 Å². The third-order valence-electron chi connectivity index (χ3n) is 7.93. The first-order valence-electron chi connectivity index (χ1n) is 13.9. The van der Waals surface area contributed by atoms with E-state index in [-0.39, 0.29) is 23.8 Å². The van der Waals surface area contributed by atoms with E-state index in [4.69, 9.17) is 11.6 Å². The third-order valence-corrected chi connectivity index (χ3v) is 8.13. The van der Waals surface area contributed by atoms with E-state index in [9.17, 15) is 9.18 Å². The molecule has 4 aromatic rings. The number of H-pyrrole nitrogens is 1. The van der Waals surface area contributed by atoms with E-state index in [2.05, 4.69) is 35.4 Å². The van der Waals surface area contributed by atoms with Crippen molar-refractivity contribution in [3.63, 3.8) is 0 Å². The maximum Gasteiger partial charge on any atom is 0.234 e. The summed E-state index contributed by atoms with van der Waals surface area (Å²) in [6.07, 6.45) is 7.45. The van der Waals surface area contributed by atoms with Gasteiger partial charge in [0, 0.05) is 67.3 Å². The van der Waals surface area contributed by atoms with E-state index in [1.54, 1.807) is 6.20 Å². The van der Waals surface area contributed by atoms with Gasteiger partial charge in [-0.1, -0.05) is 11.6 Å². The van der Waals surface area contributed by atoms with Crippen LogP contribution in [0, 0.1) is 5.82 Å². The number of hydrogen-bond acceptors (Lipinski definition) is 6. The molecule has 2 aliphatic rings. The van der Waals surface area contributed by atoms with Gasteiger partial charge in [-0.15, -0.1) is 0 Å². The van der Waals surface area contributed by atoms with Gasteiger partial charge in [-0.05, 0) is 79.8 Å². The highest BCUT2D eigenvalue weighted by atomic mass is 35.5. The fourth-order valence-corrected chi connectivity index (χ4v) is 6.01. The number of benzene rings is 1. The Kier molecular flexibility index (Phi) is 7.84. The molecule has 40 heavy (non-hydrogen) atoms. The first kappa shape index (κ1) is 26.5. The Balaban J connectivity index is 0.966. The van der Waals surface area contributed by atoms with Gasteiger partial charge in [-0.2, -0.15) is 0 Å². The van der Waals surface area contributed by atoms with Gasteiger partial charge in [-0.3, -0.25) is 9.69 Å². The van der Waals surface area contributed by atoms with Crippen LogP contribution in [-0.2, 0) is 4.79 Å². The molecule has 1 aliphatic carbocycles. The molecule has 3 aromatic heterocycles. The number of pyridine rings is 2. The maximum atomic E-state index is 13.2. The van der Waals surface area contributed by atoms with Gasteiger partial charge in [-0.25, -0.2) is 14.4 Å². The predicted molar refractivity (Wildman–Crippen MR) is 157 cm³/mol. The summed E-state index contributed by atoms with van der Waals surface area (Å²) >= 11 is 6.40. The van der Waals surface area contributed by atoms with E-state index in [0.717, 1.165) is 85.5 Å². The van der Waals surface area contributed by atoms with Crippen LogP contribution in [-0.4, -0.2) is 70.6 Å². The minimum atomic E-state index is -0.224. The Morgan fingerprint density at radius 2 is 1.77 bits per heavy atom. The second-order valence-electron chi connectivity index (χ2n) is 10.7. The van der Waals surface area contributed by atoms with Crippen molar-refractivity contribution in [2.45, 2.75) is 37.8 Å². The molecule has 8 nitrogen and oxygen atoms in total. The molecule has 0 atom stereocenters. The second-order valence-corrected chi connectivity index (χ2v) is 11.1. The molecule has 1 aliphatic heterocycles. The topological polar surface area (TPSA) is 89.2 Å². The number of nitrogens with zero attached hydrogens (tertiary/aromatic N) is 4. The lowest BCUT2D eigenvalue weighted by Crippen LogP contribution is -2.51. The van der Waals surface area contributed by atoms with Crippen LogP contribution in [0.2, 0.25) is 5.15 Å². The van der Waals surface area contributed by atoms with Crippen LogP contribution in [0.25, 0.3) is 22.2 Å². The monoisotopic (exact) mass is 561 g/mol. The van der Waals surface area contributed by atoms with Crippen molar-refractivity contribution in [3.05, 3.63) is 71.9 Å². The molecule has 6 rings (SSSR count). The number of carbonyl (C=O) groups is 1. The zero-order chi connectivity index (χ0) is 27.5. The fraction of sp³-hybridized carbons (Fsp3) is 0.367. The minimum absolute atomic E-state index is 0.0843. The number of anilines is 2. The fourth-order valence-electron chi connectivity index (χ4n) is 5.80. The molecule has 1 saturated carbocycles. The Morgan fingerprint density at radius 3 is 2.55 bits per heavy atom. The molecule has 1 aromatic carbocycles. The number of amides is 1. The van der Waals surface area contributed by atoms with Gasteiger partial charge in [0.1, 0.15) is 22.4 Å². The van der Waals surface area contributed by atoms with Crippen LogP contribution >= 0.6 is 11.6 Å². The summed E-state index contributed by atoms with van der Waals surface area (Å²) < 4.78 is 13.2. The van der Waals surface area contributed by atoms with Crippen LogP contribution in [0.1, 0.15) is 25.7 Å². The molecule has 0 radical (unpaired) electrons. The van der Waals surface area contributed by atoms with Crippen LogP contribution in [0.15, 0.2) is 60.9 Å². The molecule has 1 amide bonds. The summed E-state index contributed by atoms with van der Waals surface area (Å²) in [6.45, 7) is 3.68. The summed E-state index contributed by atoms with van der Waals surface area (Å²) in [6, 6.07) is 14.9. The lowest BCUT2D eigenvalue weighted by Gasteiger charge is -2.36. The first-order chi connectivity index (χ1) is 19.5. The molecule has 0 spiro atoms. The summed E-state index contributed by atoms with van der Waals surface area (Å²) in [5, 5.41) is 8.29. The van der Waals surface area contributed by atoms with Crippen molar-refractivity contribution in [1.82, 2.24) is 25.2 Å². The molecule has 2 fully saturated rings. The van der Waals surface area contributed by atoms with Crippen LogP contribution in [0.5, 0.6) is 0 Å². The van der Waals surface area contributed by atoms with E-state index in [1.165, 1.54) is 12.1 Å². The van der Waals surface area contributed by atoms with Crippen molar-refractivity contribution in [2.75, 3.05) is 42.9 Å². The van der Waals surface area contributed by atoms with Crippen LogP contribution in [0.3, 0.4) is 0 Å². The Labute approximate surface area is 237 Å².